The van der Waals surface area contributed by atoms with Crippen LogP contribution >= 0.6 is 23.2 Å². The van der Waals surface area contributed by atoms with Crippen molar-refractivity contribution in [3.63, 3.8) is 0 Å². The number of carboxylic acids is 1. The summed E-state index contributed by atoms with van der Waals surface area (Å²) in [5, 5.41) is 9.62. The van der Waals surface area contributed by atoms with Crippen molar-refractivity contribution in [2.45, 2.75) is 18.9 Å². The van der Waals surface area contributed by atoms with Crippen LogP contribution in [0.15, 0.2) is 12.1 Å². The minimum absolute atomic E-state index is 0.0272. The molecule has 0 fully saturated rings. The highest BCUT2D eigenvalue weighted by Gasteiger charge is 2.43. The molecule has 1 aromatic carbocycles. The fourth-order valence-corrected chi connectivity index (χ4v) is 2.28. The van der Waals surface area contributed by atoms with Gasteiger partial charge in [0, 0.05) is 16.5 Å². The maximum absolute atomic E-state index is 11.7. The highest BCUT2D eigenvalue weighted by molar-refractivity contribution is 6.35. The largest absolute Gasteiger partial charge is 0.478 e. The summed E-state index contributed by atoms with van der Waals surface area (Å²) < 4.78 is 4.92. The van der Waals surface area contributed by atoms with Crippen LogP contribution in [0, 0.1) is 0 Å². The average molecular weight is 275 g/mol. The molecule has 1 aromatic rings. The van der Waals surface area contributed by atoms with Crippen molar-refractivity contribution < 1.29 is 19.4 Å². The Kier molecular flexibility index (Phi) is 2.79. The molecule has 0 bridgehead atoms. The topological polar surface area (TPSA) is 63.6 Å². The number of cyclic esters (lactones) is 1. The van der Waals surface area contributed by atoms with E-state index in [0.717, 1.165) is 0 Å². The second-order valence-corrected chi connectivity index (χ2v) is 4.86. The first-order valence-corrected chi connectivity index (χ1v) is 5.54. The molecule has 0 aliphatic carbocycles. The van der Waals surface area contributed by atoms with Crippen LogP contribution < -0.4 is 0 Å². The molecule has 6 heteroatoms. The van der Waals surface area contributed by atoms with Gasteiger partial charge in [0.25, 0.3) is 0 Å². The third-order valence-electron chi connectivity index (χ3n) is 2.66. The smallest absolute Gasteiger partial charge is 0.348 e. The summed E-state index contributed by atoms with van der Waals surface area (Å²) in [5.41, 5.74) is -0.903. The molecule has 0 saturated carbocycles. The normalized spacial score (nSPS) is 22.9. The molecule has 0 aromatic heterocycles. The van der Waals surface area contributed by atoms with Gasteiger partial charge in [0.15, 0.2) is 0 Å². The SMILES string of the molecule is CC1(C(=O)O)Cc2c(Cl)cc(Cl)cc2C(=O)O1. The third kappa shape index (κ3) is 1.98. The molecule has 0 amide bonds. The van der Waals surface area contributed by atoms with E-state index in [4.69, 9.17) is 33.0 Å². The first-order chi connectivity index (χ1) is 7.83. The number of hydrogen-bond acceptors (Lipinski definition) is 3. The molecule has 1 N–H and O–H groups in total. The maximum atomic E-state index is 11.7. The van der Waals surface area contributed by atoms with Crippen molar-refractivity contribution in [3.8, 4) is 0 Å². The molecule has 1 atom stereocenters. The number of halogens is 2. The van der Waals surface area contributed by atoms with E-state index >= 15 is 0 Å². The standard InChI is InChI=1S/C11H8Cl2O4/c1-11(10(15)16)4-7-6(9(14)17-11)2-5(12)3-8(7)13/h2-3H,4H2,1H3,(H,15,16). The molecular weight excluding hydrogens is 267 g/mol. The number of carbonyl (C=O) groups is 2. The summed E-state index contributed by atoms with van der Waals surface area (Å²) in [6, 6.07) is 2.90. The first-order valence-electron chi connectivity index (χ1n) is 4.78. The number of benzene rings is 1. The van der Waals surface area contributed by atoms with Crippen molar-refractivity contribution in [2.75, 3.05) is 0 Å². The minimum Gasteiger partial charge on any atom is -0.478 e. The van der Waals surface area contributed by atoms with Crippen LogP contribution in [0.25, 0.3) is 0 Å². The van der Waals surface area contributed by atoms with E-state index < -0.39 is 17.5 Å². The molecule has 4 nitrogen and oxygen atoms in total. The fourth-order valence-electron chi connectivity index (χ4n) is 1.72. The van der Waals surface area contributed by atoms with Crippen molar-refractivity contribution >= 4 is 35.1 Å². The van der Waals surface area contributed by atoms with Gasteiger partial charge in [-0.1, -0.05) is 23.2 Å². The molecule has 1 aliphatic heterocycles. The zero-order chi connectivity index (χ0) is 12.8. The Morgan fingerprint density at radius 1 is 1.47 bits per heavy atom. The summed E-state index contributed by atoms with van der Waals surface area (Å²) in [6.45, 7) is 1.33. The van der Waals surface area contributed by atoms with E-state index in [2.05, 4.69) is 0 Å². The number of carbonyl (C=O) groups excluding carboxylic acids is 1. The summed E-state index contributed by atoms with van der Waals surface area (Å²) in [4.78, 5) is 22.8. The van der Waals surface area contributed by atoms with Crippen LogP contribution in [0.1, 0.15) is 22.8 Å². The van der Waals surface area contributed by atoms with Crippen molar-refractivity contribution in [2.24, 2.45) is 0 Å². The van der Waals surface area contributed by atoms with Gasteiger partial charge in [0.2, 0.25) is 5.60 Å². The monoisotopic (exact) mass is 274 g/mol. The Hall–Kier alpha value is -1.26. The number of esters is 1. The lowest BCUT2D eigenvalue weighted by atomic mass is 9.90. The van der Waals surface area contributed by atoms with Crippen LogP contribution in [-0.2, 0) is 16.0 Å². The maximum Gasteiger partial charge on any atom is 0.348 e. The van der Waals surface area contributed by atoms with E-state index in [1.54, 1.807) is 0 Å². The van der Waals surface area contributed by atoms with Gasteiger partial charge in [-0.3, -0.25) is 0 Å². The van der Waals surface area contributed by atoms with Crippen LogP contribution in [-0.4, -0.2) is 22.6 Å². The first kappa shape index (κ1) is 12.2. The molecule has 90 valence electrons. The van der Waals surface area contributed by atoms with E-state index in [1.807, 2.05) is 0 Å². The van der Waals surface area contributed by atoms with E-state index in [1.165, 1.54) is 19.1 Å². The number of carboxylic acid groups (broad SMARTS) is 1. The van der Waals surface area contributed by atoms with Crippen molar-refractivity contribution in [1.82, 2.24) is 0 Å². The zero-order valence-electron chi connectivity index (χ0n) is 8.79. The van der Waals surface area contributed by atoms with Gasteiger partial charge >= 0.3 is 11.9 Å². The molecular formula is C11H8Cl2O4. The van der Waals surface area contributed by atoms with Crippen molar-refractivity contribution in [1.29, 1.82) is 0 Å². The molecule has 0 radical (unpaired) electrons. The number of hydrogen-bond donors (Lipinski definition) is 1. The molecule has 0 spiro atoms. The number of ether oxygens (including phenoxy) is 1. The van der Waals surface area contributed by atoms with Gasteiger partial charge in [0.05, 0.1) is 5.56 Å². The lowest BCUT2D eigenvalue weighted by molar-refractivity contribution is -0.158. The molecule has 1 aliphatic rings. The molecule has 1 heterocycles. The predicted octanol–water partition coefficient (Wildman–Crippen LogP) is 2.55. The van der Waals surface area contributed by atoms with E-state index in [0.29, 0.717) is 10.6 Å². The molecule has 17 heavy (non-hydrogen) atoms. The van der Waals surface area contributed by atoms with E-state index in [9.17, 15) is 9.59 Å². The van der Waals surface area contributed by atoms with Crippen LogP contribution in [0.5, 0.6) is 0 Å². The molecule has 2 rings (SSSR count). The third-order valence-corrected chi connectivity index (χ3v) is 3.22. The minimum atomic E-state index is -1.58. The second-order valence-electron chi connectivity index (χ2n) is 4.02. The Morgan fingerprint density at radius 2 is 2.12 bits per heavy atom. The average Bonchev–Trinajstić information content (AvgIpc) is 2.20. The van der Waals surface area contributed by atoms with Crippen LogP contribution in [0.4, 0.5) is 0 Å². The quantitative estimate of drug-likeness (QED) is 0.800. The highest BCUT2D eigenvalue weighted by Crippen LogP contribution is 2.34. The summed E-state index contributed by atoms with van der Waals surface area (Å²) in [7, 11) is 0. The lowest BCUT2D eigenvalue weighted by Gasteiger charge is -2.31. The number of fused-ring (bicyclic) bond motifs is 1. The molecule has 0 saturated heterocycles. The van der Waals surface area contributed by atoms with Crippen LogP contribution in [0.3, 0.4) is 0 Å². The van der Waals surface area contributed by atoms with E-state index in [-0.39, 0.29) is 17.0 Å². The summed E-state index contributed by atoms with van der Waals surface area (Å²) >= 11 is 11.7. The Balaban J connectivity index is 2.58. The van der Waals surface area contributed by atoms with Gasteiger partial charge in [-0.15, -0.1) is 0 Å². The van der Waals surface area contributed by atoms with Crippen LogP contribution in [0.2, 0.25) is 10.0 Å². The predicted molar refractivity (Wildman–Crippen MR) is 61.6 cm³/mol. The molecule has 1 unspecified atom stereocenters. The van der Waals surface area contributed by atoms with Gasteiger partial charge in [-0.2, -0.15) is 0 Å². The zero-order valence-corrected chi connectivity index (χ0v) is 10.3. The summed E-state index contributed by atoms with van der Waals surface area (Å²) in [6.07, 6.45) is 0.0272. The number of aliphatic carboxylic acids is 1. The highest BCUT2D eigenvalue weighted by atomic mass is 35.5. The van der Waals surface area contributed by atoms with Gasteiger partial charge in [0.1, 0.15) is 0 Å². The fraction of sp³-hybridized carbons (Fsp3) is 0.273. The summed E-state index contributed by atoms with van der Waals surface area (Å²) in [5.74, 6) is -1.93. The Labute approximate surface area is 107 Å². The van der Waals surface area contributed by atoms with Gasteiger partial charge < -0.3 is 9.84 Å². The van der Waals surface area contributed by atoms with Gasteiger partial charge in [-0.05, 0) is 24.6 Å². The number of rotatable bonds is 1. The van der Waals surface area contributed by atoms with Gasteiger partial charge in [-0.25, -0.2) is 9.59 Å². The Bertz CT molecular complexity index is 526. The second kappa shape index (κ2) is 3.89. The van der Waals surface area contributed by atoms with Crippen molar-refractivity contribution in [3.05, 3.63) is 33.3 Å². The lowest BCUT2D eigenvalue weighted by Crippen LogP contribution is -2.45. The Morgan fingerprint density at radius 3 is 2.71 bits per heavy atom.